The molecule has 0 fully saturated rings. The maximum Gasteiger partial charge on any atom is 0.213 e. The lowest BCUT2D eigenvalue weighted by atomic mass is 10.2. The van der Waals surface area contributed by atoms with Crippen LogP contribution in [0, 0.1) is 4.77 Å². The van der Waals surface area contributed by atoms with Gasteiger partial charge in [0.25, 0.3) is 0 Å². The standard InChI is InChI=1S/C13H15N3OS/c1-9(2)17-11-5-3-4-10(8-11)6-7-12-14-13(18)16-15-12/h3-9H,1-2H3,(H2,14,15,16,18)/b7-6-. The Hall–Kier alpha value is -1.88. The molecule has 0 bridgehead atoms. The molecule has 2 rings (SSSR count). The fourth-order valence-corrected chi connectivity index (χ4v) is 1.65. The Morgan fingerprint density at radius 3 is 2.78 bits per heavy atom. The first-order chi connectivity index (χ1) is 8.63. The summed E-state index contributed by atoms with van der Waals surface area (Å²) in [5.41, 5.74) is 1.05. The molecule has 94 valence electrons. The van der Waals surface area contributed by atoms with Crippen molar-refractivity contribution < 1.29 is 4.74 Å². The van der Waals surface area contributed by atoms with E-state index in [0.717, 1.165) is 11.3 Å². The fourth-order valence-electron chi connectivity index (χ4n) is 1.50. The highest BCUT2D eigenvalue weighted by molar-refractivity contribution is 7.71. The summed E-state index contributed by atoms with van der Waals surface area (Å²) < 4.78 is 6.08. The summed E-state index contributed by atoms with van der Waals surface area (Å²) in [6.45, 7) is 4.01. The normalized spacial score (nSPS) is 11.3. The van der Waals surface area contributed by atoms with Crippen LogP contribution in [-0.2, 0) is 0 Å². The van der Waals surface area contributed by atoms with Gasteiger partial charge in [-0.05, 0) is 49.8 Å². The molecule has 1 aromatic heterocycles. The third-order valence-electron chi connectivity index (χ3n) is 2.18. The molecule has 0 unspecified atom stereocenters. The van der Waals surface area contributed by atoms with Crippen molar-refractivity contribution in [3.05, 3.63) is 40.4 Å². The zero-order valence-corrected chi connectivity index (χ0v) is 11.1. The number of aromatic nitrogens is 3. The monoisotopic (exact) mass is 261 g/mol. The van der Waals surface area contributed by atoms with Gasteiger partial charge >= 0.3 is 0 Å². The van der Waals surface area contributed by atoms with Crippen LogP contribution in [0.2, 0.25) is 0 Å². The summed E-state index contributed by atoms with van der Waals surface area (Å²) in [6.07, 6.45) is 3.99. The Labute approximate surface area is 111 Å². The molecule has 1 aromatic carbocycles. The quantitative estimate of drug-likeness (QED) is 0.829. The molecular formula is C13H15N3OS. The Balaban J connectivity index is 2.14. The van der Waals surface area contributed by atoms with Gasteiger partial charge in [-0.2, -0.15) is 0 Å². The van der Waals surface area contributed by atoms with Crippen LogP contribution in [-0.4, -0.2) is 21.3 Å². The Kier molecular flexibility index (Phi) is 3.94. The van der Waals surface area contributed by atoms with Gasteiger partial charge in [0, 0.05) is 0 Å². The number of nitrogens with zero attached hydrogens (tertiary/aromatic N) is 1. The molecule has 2 aromatic rings. The van der Waals surface area contributed by atoms with E-state index in [1.807, 2.05) is 50.3 Å². The van der Waals surface area contributed by atoms with Crippen molar-refractivity contribution in [2.45, 2.75) is 20.0 Å². The average Bonchev–Trinajstić information content (AvgIpc) is 2.72. The van der Waals surface area contributed by atoms with E-state index in [2.05, 4.69) is 15.2 Å². The van der Waals surface area contributed by atoms with Crippen molar-refractivity contribution in [1.82, 2.24) is 15.2 Å². The number of rotatable bonds is 4. The van der Waals surface area contributed by atoms with Gasteiger partial charge < -0.3 is 4.74 Å². The van der Waals surface area contributed by atoms with Gasteiger partial charge in [-0.15, -0.1) is 0 Å². The van der Waals surface area contributed by atoms with E-state index < -0.39 is 0 Å². The molecule has 18 heavy (non-hydrogen) atoms. The number of hydrogen-bond acceptors (Lipinski definition) is 3. The van der Waals surface area contributed by atoms with Crippen molar-refractivity contribution in [1.29, 1.82) is 0 Å². The predicted molar refractivity (Wildman–Crippen MR) is 74.9 cm³/mol. The molecule has 0 radical (unpaired) electrons. The predicted octanol–water partition coefficient (Wildman–Crippen LogP) is 3.42. The molecule has 0 atom stereocenters. The third-order valence-corrected chi connectivity index (χ3v) is 2.38. The van der Waals surface area contributed by atoms with Crippen LogP contribution < -0.4 is 4.74 Å². The van der Waals surface area contributed by atoms with E-state index >= 15 is 0 Å². The van der Waals surface area contributed by atoms with Crippen LogP contribution in [0.3, 0.4) is 0 Å². The highest BCUT2D eigenvalue weighted by Crippen LogP contribution is 2.16. The SMILES string of the molecule is CC(C)Oc1cccc(/C=C\c2nc(=S)[nH][nH]2)c1. The first-order valence-electron chi connectivity index (χ1n) is 5.73. The fraction of sp³-hybridized carbons (Fsp3) is 0.231. The largest absolute Gasteiger partial charge is 0.491 e. The zero-order valence-electron chi connectivity index (χ0n) is 10.3. The van der Waals surface area contributed by atoms with Gasteiger partial charge in [0.1, 0.15) is 11.6 Å². The van der Waals surface area contributed by atoms with Gasteiger partial charge in [-0.3, -0.25) is 10.2 Å². The van der Waals surface area contributed by atoms with Crippen LogP contribution >= 0.6 is 12.2 Å². The Morgan fingerprint density at radius 1 is 1.28 bits per heavy atom. The second-order valence-electron chi connectivity index (χ2n) is 4.12. The second-order valence-corrected chi connectivity index (χ2v) is 4.51. The van der Waals surface area contributed by atoms with Gasteiger partial charge in [0.05, 0.1) is 6.10 Å². The topological polar surface area (TPSA) is 53.7 Å². The second kappa shape index (κ2) is 5.64. The zero-order chi connectivity index (χ0) is 13.0. The summed E-state index contributed by atoms with van der Waals surface area (Å²) in [5.74, 6) is 1.57. The number of hydrogen-bond donors (Lipinski definition) is 2. The van der Waals surface area contributed by atoms with Gasteiger partial charge in [-0.1, -0.05) is 18.2 Å². The number of nitrogens with one attached hydrogen (secondary N) is 2. The van der Waals surface area contributed by atoms with Crippen LogP contribution in [0.1, 0.15) is 25.2 Å². The third kappa shape index (κ3) is 3.56. The summed E-state index contributed by atoms with van der Waals surface area (Å²) in [6, 6.07) is 7.90. The van der Waals surface area contributed by atoms with Crippen LogP contribution in [0.25, 0.3) is 12.2 Å². The minimum atomic E-state index is 0.173. The van der Waals surface area contributed by atoms with Gasteiger partial charge in [0.2, 0.25) is 4.77 Å². The van der Waals surface area contributed by atoms with Crippen molar-refractivity contribution in [2.24, 2.45) is 0 Å². The minimum Gasteiger partial charge on any atom is -0.491 e. The van der Waals surface area contributed by atoms with Crippen LogP contribution in [0.5, 0.6) is 5.75 Å². The summed E-state index contributed by atoms with van der Waals surface area (Å²) in [5, 5.41) is 5.61. The molecule has 0 saturated heterocycles. The van der Waals surface area contributed by atoms with Crippen molar-refractivity contribution in [3.8, 4) is 5.75 Å². The van der Waals surface area contributed by atoms with E-state index in [4.69, 9.17) is 17.0 Å². The molecule has 0 aliphatic rings. The average molecular weight is 261 g/mol. The lowest BCUT2D eigenvalue weighted by Gasteiger charge is -2.09. The first kappa shape index (κ1) is 12.6. The number of ether oxygens (including phenoxy) is 1. The van der Waals surface area contributed by atoms with E-state index in [0.29, 0.717) is 10.6 Å². The van der Waals surface area contributed by atoms with Gasteiger partial charge in [-0.25, -0.2) is 4.98 Å². The van der Waals surface area contributed by atoms with Crippen molar-refractivity contribution in [3.63, 3.8) is 0 Å². The van der Waals surface area contributed by atoms with E-state index in [1.165, 1.54) is 0 Å². The molecule has 4 nitrogen and oxygen atoms in total. The molecule has 0 aliphatic carbocycles. The molecule has 0 aliphatic heterocycles. The Morgan fingerprint density at radius 2 is 2.11 bits per heavy atom. The molecular weight excluding hydrogens is 246 g/mol. The van der Waals surface area contributed by atoms with E-state index in [1.54, 1.807) is 0 Å². The van der Waals surface area contributed by atoms with E-state index in [-0.39, 0.29) is 6.10 Å². The summed E-state index contributed by atoms with van der Waals surface area (Å²) >= 11 is 4.88. The highest BCUT2D eigenvalue weighted by atomic mass is 32.1. The molecule has 0 saturated carbocycles. The molecule has 5 heteroatoms. The lowest BCUT2D eigenvalue weighted by Crippen LogP contribution is -2.05. The van der Waals surface area contributed by atoms with Crippen LogP contribution in [0.4, 0.5) is 0 Å². The first-order valence-corrected chi connectivity index (χ1v) is 6.14. The maximum absolute atomic E-state index is 5.63. The molecule has 0 spiro atoms. The van der Waals surface area contributed by atoms with E-state index in [9.17, 15) is 0 Å². The highest BCUT2D eigenvalue weighted by Gasteiger charge is 1.97. The number of H-pyrrole nitrogens is 2. The van der Waals surface area contributed by atoms with Crippen molar-refractivity contribution in [2.75, 3.05) is 0 Å². The molecule has 0 amide bonds. The lowest BCUT2D eigenvalue weighted by molar-refractivity contribution is 0.242. The minimum absolute atomic E-state index is 0.173. The summed E-state index contributed by atoms with van der Waals surface area (Å²) in [4.78, 5) is 4.08. The number of aromatic amines is 2. The molecule has 1 heterocycles. The summed E-state index contributed by atoms with van der Waals surface area (Å²) in [7, 11) is 0. The number of benzene rings is 1. The Bertz CT molecular complexity index is 598. The maximum atomic E-state index is 5.63. The van der Waals surface area contributed by atoms with Crippen LogP contribution in [0.15, 0.2) is 24.3 Å². The van der Waals surface area contributed by atoms with Crippen molar-refractivity contribution >= 4 is 24.4 Å². The van der Waals surface area contributed by atoms with Gasteiger partial charge in [0.15, 0.2) is 0 Å². The smallest absolute Gasteiger partial charge is 0.213 e. The molecule has 2 N–H and O–H groups in total.